The zero-order chi connectivity index (χ0) is 22.4. The third-order valence-electron chi connectivity index (χ3n) is 4.42. The first-order valence-electron chi connectivity index (χ1n) is 9.63. The summed E-state index contributed by atoms with van der Waals surface area (Å²) in [5.74, 6) is -0.790. The number of carbonyl (C=O) groups excluding carboxylic acids is 2. The normalized spacial score (nSPS) is 10.5. The summed E-state index contributed by atoms with van der Waals surface area (Å²) in [5.41, 5.74) is 2.21. The molecule has 1 amide bonds. The van der Waals surface area contributed by atoms with Crippen LogP contribution in [-0.4, -0.2) is 34.9 Å². The zero-order valence-electron chi connectivity index (χ0n) is 17.1. The van der Waals surface area contributed by atoms with Gasteiger partial charge in [-0.1, -0.05) is 17.7 Å². The number of aromatic nitrogens is 1. The number of nitro benzene ring substituents is 1. The first-order chi connectivity index (χ1) is 14.9. The molecule has 1 aromatic heterocycles. The van der Waals surface area contributed by atoms with E-state index in [-0.39, 0.29) is 30.0 Å². The van der Waals surface area contributed by atoms with Crippen molar-refractivity contribution in [1.82, 2.24) is 10.3 Å². The highest BCUT2D eigenvalue weighted by molar-refractivity contribution is 5.99. The van der Waals surface area contributed by atoms with Gasteiger partial charge in [0.15, 0.2) is 0 Å². The van der Waals surface area contributed by atoms with Gasteiger partial charge in [0.25, 0.3) is 11.6 Å². The zero-order valence-corrected chi connectivity index (χ0v) is 17.1. The summed E-state index contributed by atoms with van der Waals surface area (Å²) in [6, 6.07) is 11.2. The number of hydrogen-bond acceptors (Lipinski definition) is 7. The summed E-state index contributed by atoms with van der Waals surface area (Å²) in [4.78, 5) is 39.3. The Labute approximate surface area is 178 Å². The van der Waals surface area contributed by atoms with Crippen LogP contribution in [0.25, 0.3) is 11.5 Å². The third-order valence-corrected chi connectivity index (χ3v) is 4.42. The maximum Gasteiger partial charge on any atom is 0.338 e. The van der Waals surface area contributed by atoms with Gasteiger partial charge in [-0.3, -0.25) is 14.9 Å². The highest BCUT2D eigenvalue weighted by Crippen LogP contribution is 2.20. The molecule has 9 heteroatoms. The Morgan fingerprint density at radius 3 is 2.55 bits per heavy atom. The van der Waals surface area contributed by atoms with E-state index in [9.17, 15) is 19.7 Å². The molecule has 0 aliphatic rings. The van der Waals surface area contributed by atoms with Crippen molar-refractivity contribution >= 4 is 17.6 Å². The number of esters is 1. The highest BCUT2D eigenvalue weighted by atomic mass is 16.6. The molecule has 0 bridgehead atoms. The van der Waals surface area contributed by atoms with Crippen molar-refractivity contribution in [1.29, 1.82) is 0 Å². The van der Waals surface area contributed by atoms with Gasteiger partial charge in [0, 0.05) is 36.2 Å². The standard InChI is InChI=1S/C22H21N3O6/c1-3-30-22(27)17-10-16(11-19(12-17)25(28)29)20(26)23-9-8-18-13-31-21(24-18)15-6-4-14(2)5-7-15/h4-7,10-13H,3,8-9H2,1-2H3,(H,23,26). The molecule has 31 heavy (non-hydrogen) atoms. The van der Waals surface area contributed by atoms with Crippen LogP contribution in [0.1, 0.15) is 38.9 Å². The summed E-state index contributed by atoms with van der Waals surface area (Å²) in [6.45, 7) is 3.96. The average molecular weight is 423 g/mol. The molecule has 3 aromatic rings. The summed E-state index contributed by atoms with van der Waals surface area (Å²) >= 11 is 0. The summed E-state index contributed by atoms with van der Waals surface area (Å²) < 4.78 is 10.4. The molecule has 0 atom stereocenters. The minimum atomic E-state index is -0.730. The van der Waals surface area contributed by atoms with E-state index in [1.807, 2.05) is 31.2 Å². The molecule has 0 aliphatic carbocycles. The van der Waals surface area contributed by atoms with Crippen LogP contribution in [0.15, 0.2) is 53.1 Å². The molecule has 1 N–H and O–H groups in total. The lowest BCUT2D eigenvalue weighted by molar-refractivity contribution is -0.384. The van der Waals surface area contributed by atoms with E-state index in [0.29, 0.717) is 18.0 Å². The van der Waals surface area contributed by atoms with Crippen LogP contribution >= 0.6 is 0 Å². The molecular weight excluding hydrogens is 402 g/mol. The summed E-state index contributed by atoms with van der Waals surface area (Å²) in [6.07, 6.45) is 1.92. The number of non-ortho nitro benzene ring substituents is 1. The van der Waals surface area contributed by atoms with Crippen LogP contribution < -0.4 is 5.32 Å². The van der Waals surface area contributed by atoms with Gasteiger partial charge in [0.2, 0.25) is 5.89 Å². The van der Waals surface area contributed by atoms with E-state index in [1.54, 1.807) is 6.92 Å². The number of ether oxygens (including phenoxy) is 1. The monoisotopic (exact) mass is 423 g/mol. The highest BCUT2D eigenvalue weighted by Gasteiger charge is 2.18. The predicted molar refractivity (Wildman–Crippen MR) is 112 cm³/mol. The van der Waals surface area contributed by atoms with Gasteiger partial charge in [-0.15, -0.1) is 0 Å². The number of amides is 1. The van der Waals surface area contributed by atoms with Gasteiger partial charge in [-0.05, 0) is 32.0 Å². The molecule has 0 fully saturated rings. The second-order valence-electron chi connectivity index (χ2n) is 6.76. The number of carbonyl (C=O) groups is 2. The topological polar surface area (TPSA) is 125 Å². The van der Waals surface area contributed by atoms with Crippen molar-refractivity contribution in [3.8, 4) is 11.5 Å². The van der Waals surface area contributed by atoms with Gasteiger partial charge in [0.1, 0.15) is 6.26 Å². The Morgan fingerprint density at radius 1 is 1.16 bits per heavy atom. The van der Waals surface area contributed by atoms with Crippen LogP contribution in [0.5, 0.6) is 0 Å². The molecule has 0 aliphatic heterocycles. The number of rotatable bonds is 8. The van der Waals surface area contributed by atoms with Crippen molar-refractivity contribution in [3.63, 3.8) is 0 Å². The maximum absolute atomic E-state index is 12.5. The number of oxazole rings is 1. The molecule has 0 saturated carbocycles. The average Bonchev–Trinajstić information content (AvgIpc) is 3.23. The van der Waals surface area contributed by atoms with Crippen molar-refractivity contribution in [2.24, 2.45) is 0 Å². The largest absolute Gasteiger partial charge is 0.462 e. The molecule has 2 aromatic carbocycles. The van der Waals surface area contributed by atoms with Crippen LogP contribution in [0.4, 0.5) is 5.69 Å². The second-order valence-corrected chi connectivity index (χ2v) is 6.76. The first-order valence-corrected chi connectivity index (χ1v) is 9.63. The van der Waals surface area contributed by atoms with Crippen LogP contribution in [0.2, 0.25) is 0 Å². The van der Waals surface area contributed by atoms with Crippen LogP contribution in [0, 0.1) is 17.0 Å². The number of benzene rings is 2. The quantitative estimate of drug-likeness (QED) is 0.333. The molecule has 0 spiro atoms. The fraction of sp³-hybridized carbons (Fsp3) is 0.227. The van der Waals surface area contributed by atoms with Gasteiger partial charge in [-0.25, -0.2) is 9.78 Å². The number of nitrogens with one attached hydrogen (secondary N) is 1. The fourth-order valence-corrected chi connectivity index (χ4v) is 2.84. The van der Waals surface area contributed by atoms with E-state index in [2.05, 4.69) is 10.3 Å². The molecule has 160 valence electrons. The predicted octanol–water partition coefficient (Wildman–Crippen LogP) is 3.71. The van der Waals surface area contributed by atoms with Gasteiger partial charge in [0.05, 0.1) is 22.8 Å². The van der Waals surface area contributed by atoms with Gasteiger partial charge >= 0.3 is 5.97 Å². The molecule has 0 unspecified atom stereocenters. The molecule has 1 heterocycles. The van der Waals surface area contributed by atoms with Crippen molar-refractivity contribution in [3.05, 3.63) is 81.2 Å². The van der Waals surface area contributed by atoms with Gasteiger partial charge in [-0.2, -0.15) is 0 Å². The SMILES string of the molecule is CCOC(=O)c1cc(C(=O)NCCc2coc(-c3ccc(C)cc3)n2)cc([N+](=O)[O-])c1. The lowest BCUT2D eigenvalue weighted by atomic mass is 10.1. The Balaban J connectivity index is 1.65. The Bertz CT molecular complexity index is 1100. The number of aryl methyl sites for hydroxylation is 1. The molecule has 0 saturated heterocycles. The van der Waals surface area contributed by atoms with Crippen molar-refractivity contribution in [2.75, 3.05) is 13.2 Å². The maximum atomic E-state index is 12.5. The van der Waals surface area contributed by atoms with E-state index in [0.717, 1.165) is 23.3 Å². The Morgan fingerprint density at radius 2 is 1.87 bits per heavy atom. The lowest BCUT2D eigenvalue weighted by Gasteiger charge is -2.07. The van der Waals surface area contributed by atoms with E-state index in [1.165, 1.54) is 12.3 Å². The first kappa shape index (κ1) is 21.7. The number of hydrogen-bond donors (Lipinski definition) is 1. The van der Waals surface area contributed by atoms with Crippen molar-refractivity contribution in [2.45, 2.75) is 20.3 Å². The molecule has 0 radical (unpaired) electrons. The minimum Gasteiger partial charge on any atom is -0.462 e. The van der Waals surface area contributed by atoms with Crippen LogP contribution in [0.3, 0.4) is 0 Å². The number of nitro groups is 1. The number of nitrogens with zero attached hydrogens (tertiary/aromatic N) is 2. The van der Waals surface area contributed by atoms with E-state index in [4.69, 9.17) is 9.15 Å². The van der Waals surface area contributed by atoms with Crippen molar-refractivity contribution < 1.29 is 23.7 Å². The second kappa shape index (κ2) is 9.66. The Hall–Kier alpha value is -4.01. The fourth-order valence-electron chi connectivity index (χ4n) is 2.84. The smallest absolute Gasteiger partial charge is 0.338 e. The lowest BCUT2D eigenvalue weighted by Crippen LogP contribution is -2.26. The summed E-state index contributed by atoms with van der Waals surface area (Å²) in [5, 5.41) is 13.8. The third kappa shape index (κ3) is 5.53. The summed E-state index contributed by atoms with van der Waals surface area (Å²) in [7, 11) is 0. The van der Waals surface area contributed by atoms with Gasteiger partial charge < -0.3 is 14.5 Å². The molecular formula is C22H21N3O6. The van der Waals surface area contributed by atoms with Crippen LogP contribution in [-0.2, 0) is 11.2 Å². The molecule has 9 nitrogen and oxygen atoms in total. The van der Waals surface area contributed by atoms with E-state index >= 15 is 0 Å². The minimum absolute atomic E-state index is 0.00208. The Kier molecular flexibility index (Phi) is 6.76. The molecule has 3 rings (SSSR count). The van der Waals surface area contributed by atoms with E-state index < -0.39 is 16.8 Å².